The molecule has 5 aliphatic rings. The van der Waals surface area contributed by atoms with Crippen molar-refractivity contribution in [2.75, 3.05) is 13.6 Å². The standard InChI is InChI=1S/C29H47NO/c1-6-7-9-19(2)16-22-11-12-24-23(17-22)18-26-20(3)29(14-13-25(24)26)21(4)28-27(31-29)10-8-15-30(28)5/h11,19,21,23-25,27-28H,6-10,12-18H2,1-5H3. The molecule has 8 atom stereocenters. The second-order valence-electron chi connectivity index (χ2n) is 12.1. The quantitative estimate of drug-likeness (QED) is 0.433. The maximum atomic E-state index is 7.05. The zero-order valence-electron chi connectivity index (χ0n) is 21.0. The Hall–Kier alpha value is -0.600. The molecule has 1 saturated carbocycles. The van der Waals surface area contributed by atoms with Crippen LogP contribution in [0.1, 0.15) is 98.3 Å². The Kier molecular flexibility index (Phi) is 6.19. The number of likely N-dealkylation sites (tertiary alicyclic amines) is 1. The summed E-state index contributed by atoms with van der Waals surface area (Å²) in [4.78, 5) is 2.61. The highest BCUT2D eigenvalue weighted by atomic mass is 16.5. The fourth-order valence-electron chi connectivity index (χ4n) is 8.74. The summed E-state index contributed by atoms with van der Waals surface area (Å²) in [6.07, 6.45) is 17.9. The predicted molar refractivity (Wildman–Crippen MR) is 130 cm³/mol. The number of hydrogen-bond acceptors (Lipinski definition) is 2. The largest absolute Gasteiger partial charge is 0.365 e. The lowest BCUT2D eigenvalue weighted by molar-refractivity contribution is -0.0554. The van der Waals surface area contributed by atoms with Crippen LogP contribution in [0.5, 0.6) is 0 Å². The van der Waals surface area contributed by atoms with Gasteiger partial charge in [0.2, 0.25) is 0 Å². The van der Waals surface area contributed by atoms with Gasteiger partial charge in [-0.3, -0.25) is 0 Å². The van der Waals surface area contributed by atoms with E-state index in [0.29, 0.717) is 18.1 Å². The Bertz CT molecular complexity index is 737. The summed E-state index contributed by atoms with van der Waals surface area (Å²) in [5, 5.41) is 0. The van der Waals surface area contributed by atoms with Crippen LogP contribution in [0, 0.1) is 29.6 Å². The van der Waals surface area contributed by atoms with E-state index >= 15 is 0 Å². The molecule has 0 radical (unpaired) electrons. The maximum absolute atomic E-state index is 7.05. The first-order chi connectivity index (χ1) is 14.9. The lowest BCUT2D eigenvalue weighted by Crippen LogP contribution is -2.48. The number of nitrogens with zero attached hydrogens (tertiary/aromatic N) is 1. The zero-order chi connectivity index (χ0) is 21.8. The van der Waals surface area contributed by atoms with Crippen LogP contribution in [-0.2, 0) is 4.74 Å². The molecular weight excluding hydrogens is 378 g/mol. The molecule has 31 heavy (non-hydrogen) atoms. The van der Waals surface area contributed by atoms with Gasteiger partial charge in [-0.25, -0.2) is 0 Å². The molecule has 0 N–H and O–H groups in total. The van der Waals surface area contributed by atoms with Crippen molar-refractivity contribution in [2.24, 2.45) is 29.6 Å². The van der Waals surface area contributed by atoms with Gasteiger partial charge < -0.3 is 9.64 Å². The Morgan fingerprint density at radius 1 is 1.26 bits per heavy atom. The van der Waals surface area contributed by atoms with Gasteiger partial charge in [0.15, 0.2) is 0 Å². The van der Waals surface area contributed by atoms with Crippen molar-refractivity contribution >= 4 is 0 Å². The van der Waals surface area contributed by atoms with Gasteiger partial charge in [0.05, 0.1) is 11.7 Å². The van der Waals surface area contributed by atoms with E-state index in [1.165, 1.54) is 77.2 Å². The number of allylic oxidation sites excluding steroid dienone is 3. The molecule has 3 aliphatic carbocycles. The molecule has 2 aliphatic heterocycles. The van der Waals surface area contributed by atoms with Crippen molar-refractivity contribution < 1.29 is 4.74 Å². The normalized spacial score (nSPS) is 43.6. The minimum absolute atomic E-state index is 0.0399. The average Bonchev–Trinajstić information content (AvgIpc) is 3.26. The van der Waals surface area contributed by atoms with Crippen molar-refractivity contribution in [1.82, 2.24) is 4.90 Å². The summed E-state index contributed by atoms with van der Waals surface area (Å²) < 4.78 is 7.05. The highest BCUT2D eigenvalue weighted by molar-refractivity contribution is 5.36. The fraction of sp³-hybridized carbons (Fsp3) is 0.862. The zero-order valence-corrected chi connectivity index (χ0v) is 21.0. The van der Waals surface area contributed by atoms with Gasteiger partial charge in [-0.1, -0.05) is 57.3 Å². The first-order valence-electron chi connectivity index (χ1n) is 13.7. The third-order valence-electron chi connectivity index (χ3n) is 10.4. The van der Waals surface area contributed by atoms with E-state index in [1.54, 1.807) is 11.1 Å². The van der Waals surface area contributed by atoms with Gasteiger partial charge in [-0.15, -0.1) is 0 Å². The lowest BCUT2D eigenvalue weighted by atomic mass is 9.66. The SMILES string of the molecule is CCCCC(C)CC1=CCC2C(C1)CC1=C(C)C3(CCC12)OC1CCCN(C)C1C3C. The Morgan fingerprint density at radius 3 is 2.87 bits per heavy atom. The van der Waals surface area contributed by atoms with Crippen molar-refractivity contribution in [2.45, 2.75) is 116 Å². The van der Waals surface area contributed by atoms with Crippen molar-refractivity contribution in [3.05, 3.63) is 22.8 Å². The third kappa shape index (κ3) is 3.68. The van der Waals surface area contributed by atoms with Gasteiger partial charge in [-0.2, -0.15) is 0 Å². The van der Waals surface area contributed by atoms with Crippen LogP contribution in [0.2, 0.25) is 0 Å². The molecule has 8 unspecified atom stereocenters. The average molecular weight is 426 g/mol. The van der Waals surface area contributed by atoms with Crippen LogP contribution >= 0.6 is 0 Å². The second kappa shape index (κ2) is 8.64. The van der Waals surface area contributed by atoms with Crippen LogP contribution < -0.4 is 0 Å². The molecule has 2 saturated heterocycles. The monoisotopic (exact) mass is 425 g/mol. The first kappa shape index (κ1) is 22.2. The molecule has 0 aromatic heterocycles. The summed E-state index contributed by atoms with van der Waals surface area (Å²) in [6.45, 7) is 11.0. The molecule has 0 aromatic rings. The summed E-state index contributed by atoms with van der Waals surface area (Å²) in [6, 6.07) is 0.627. The Labute approximate surface area is 191 Å². The fourth-order valence-corrected chi connectivity index (χ4v) is 8.74. The molecule has 5 rings (SSSR count). The van der Waals surface area contributed by atoms with E-state index in [4.69, 9.17) is 4.74 Å². The molecular formula is C29H47NO. The van der Waals surface area contributed by atoms with Gasteiger partial charge in [0.1, 0.15) is 0 Å². The Balaban J connectivity index is 1.32. The number of hydrogen-bond donors (Lipinski definition) is 0. The predicted octanol–water partition coefficient (Wildman–Crippen LogP) is 7.15. The third-order valence-corrected chi connectivity index (χ3v) is 10.4. The van der Waals surface area contributed by atoms with Gasteiger partial charge in [0.25, 0.3) is 0 Å². The summed E-state index contributed by atoms with van der Waals surface area (Å²) >= 11 is 0. The molecule has 0 bridgehead atoms. The van der Waals surface area contributed by atoms with Crippen LogP contribution in [-0.4, -0.2) is 36.2 Å². The van der Waals surface area contributed by atoms with Gasteiger partial charge in [0, 0.05) is 12.0 Å². The molecule has 0 amide bonds. The molecule has 2 nitrogen and oxygen atoms in total. The highest BCUT2D eigenvalue weighted by Crippen LogP contribution is 2.60. The van der Waals surface area contributed by atoms with E-state index in [-0.39, 0.29) is 5.60 Å². The molecule has 2 heteroatoms. The van der Waals surface area contributed by atoms with Crippen LogP contribution in [0.15, 0.2) is 22.8 Å². The number of likely N-dealkylation sites (N-methyl/N-ethyl adjacent to an activating group) is 1. The summed E-state index contributed by atoms with van der Waals surface area (Å²) in [5.74, 6) is 4.17. The van der Waals surface area contributed by atoms with Crippen LogP contribution in [0.25, 0.3) is 0 Å². The van der Waals surface area contributed by atoms with Crippen LogP contribution in [0.3, 0.4) is 0 Å². The minimum Gasteiger partial charge on any atom is -0.365 e. The number of piperidine rings is 1. The second-order valence-corrected chi connectivity index (χ2v) is 12.1. The molecule has 2 heterocycles. The number of unbranched alkanes of at least 4 members (excludes halogenated alkanes) is 1. The van der Waals surface area contributed by atoms with Crippen molar-refractivity contribution in [1.29, 1.82) is 0 Å². The number of ether oxygens (including phenoxy) is 1. The maximum Gasteiger partial charge on any atom is 0.0937 e. The molecule has 1 spiro atoms. The van der Waals surface area contributed by atoms with Gasteiger partial charge >= 0.3 is 0 Å². The molecule has 174 valence electrons. The molecule has 3 fully saturated rings. The van der Waals surface area contributed by atoms with E-state index < -0.39 is 0 Å². The van der Waals surface area contributed by atoms with E-state index in [2.05, 4.69) is 45.7 Å². The minimum atomic E-state index is 0.0399. The van der Waals surface area contributed by atoms with E-state index in [9.17, 15) is 0 Å². The highest BCUT2D eigenvalue weighted by Gasteiger charge is 2.58. The van der Waals surface area contributed by atoms with Crippen molar-refractivity contribution in [3.8, 4) is 0 Å². The van der Waals surface area contributed by atoms with Crippen LogP contribution in [0.4, 0.5) is 0 Å². The number of rotatable bonds is 5. The summed E-state index contributed by atoms with van der Waals surface area (Å²) in [5.41, 5.74) is 5.34. The van der Waals surface area contributed by atoms with E-state index in [1.807, 2.05) is 5.57 Å². The Morgan fingerprint density at radius 2 is 2.10 bits per heavy atom. The summed E-state index contributed by atoms with van der Waals surface area (Å²) in [7, 11) is 2.34. The van der Waals surface area contributed by atoms with Gasteiger partial charge in [-0.05, 0) is 101 Å². The van der Waals surface area contributed by atoms with E-state index in [0.717, 1.165) is 23.7 Å². The lowest BCUT2D eigenvalue weighted by Gasteiger charge is -2.43. The van der Waals surface area contributed by atoms with Crippen molar-refractivity contribution in [3.63, 3.8) is 0 Å². The topological polar surface area (TPSA) is 12.5 Å². The number of fused-ring (bicyclic) bond motifs is 4. The first-order valence-corrected chi connectivity index (χ1v) is 13.7. The smallest absolute Gasteiger partial charge is 0.0937 e. The molecule has 0 aromatic carbocycles.